The van der Waals surface area contributed by atoms with Crippen LogP contribution in [0.15, 0.2) is 18.2 Å². The second kappa shape index (κ2) is 6.15. The molecule has 1 aromatic rings. The number of hydrogen-bond acceptors (Lipinski definition) is 4. The van der Waals surface area contributed by atoms with E-state index in [1.54, 1.807) is 4.90 Å². The number of nitrogens with zero attached hydrogens (tertiary/aromatic N) is 2. The summed E-state index contributed by atoms with van der Waals surface area (Å²) in [5.74, 6) is -1.20. The Labute approximate surface area is 121 Å². The molecule has 2 rings (SSSR count). The van der Waals surface area contributed by atoms with Crippen molar-refractivity contribution >= 4 is 23.1 Å². The quantitative estimate of drug-likeness (QED) is 0.799. The molecule has 1 aromatic carbocycles. The molecule has 5 nitrogen and oxygen atoms in total. The van der Waals surface area contributed by atoms with Crippen LogP contribution < -0.4 is 5.73 Å². The minimum absolute atomic E-state index is 0.120. The number of phenols is 1. The Bertz CT molecular complexity index is 530. The maximum atomic E-state index is 12.9. The molecule has 20 heavy (non-hydrogen) atoms. The van der Waals surface area contributed by atoms with Crippen molar-refractivity contribution in [2.24, 2.45) is 5.73 Å². The van der Waals surface area contributed by atoms with Crippen molar-refractivity contribution in [1.29, 1.82) is 0 Å². The van der Waals surface area contributed by atoms with E-state index in [1.807, 2.05) is 0 Å². The third-order valence-corrected chi connectivity index (χ3v) is 3.36. The molecule has 108 valence electrons. The molecule has 0 unspecified atom stereocenters. The average Bonchev–Trinajstić information content (AvgIpc) is 2.38. The highest BCUT2D eigenvalue weighted by molar-refractivity contribution is 7.80. The number of thiocarbonyl (C=S) groups is 1. The van der Waals surface area contributed by atoms with Crippen molar-refractivity contribution < 1.29 is 14.3 Å². The van der Waals surface area contributed by atoms with Crippen LogP contribution in [-0.2, 0) is 0 Å². The molecule has 1 aliphatic rings. The van der Waals surface area contributed by atoms with Crippen LogP contribution in [0.4, 0.5) is 4.39 Å². The summed E-state index contributed by atoms with van der Waals surface area (Å²) >= 11 is 4.85. The highest BCUT2D eigenvalue weighted by atomic mass is 32.1. The number of carbonyl (C=O) groups is 1. The predicted octanol–water partition coefficient (Wildman–Crippen LogP) is 0.575. The molecule has 7 heteroatoms. The van der Waals surface area contributed by atoms with Gasteiger partial charge in [0.25, 0.3) is 5.91 Å². The van der Waals surface area contributed by atoms with E-state index in [0.29, 0.717) is 37.7 Å². The molecule has 0 radical (unpaired) electrons. The smallest absolute Gasteiger partial charge is 0.257 e. The molecule has 0 bridgehead atoms. The standard InChI is InChI=1S/C13H16FN3O2S/c14-9-1-2-10(11(18)7-9)13(19)17-5-3-16(4-6-17)8-12(15)20/h1-2,7,18H,3-6,8H2,(H2,15,20). The van der Waals surface area contributed by atoms with Gasteiger partial charge >= 0.3 is 0 Å². The Kier molecular flexibility index (Phi) is 4.51. The first kappa shape index (κ1) is 14.7. The summed E-state index contributed by atoms with van der Waals surface area (Å²) in [4.78, 5) is 16.4. The highest BCUT2D eigenvalue weighted by Gasteiger charge is 2.24. The minimum atomic E-state index is -0.569. The lowest BCUT2D eigenvalue weighted by Crippen LogP contribution is -2.50. The molecule has 1 saturated heterocycles. The summed E-state index contributed by atoms with van der Waals surface area (Å²) in [6, 6.07) is 3.40. The second-order valence-electron chi connectivity index (χ2n) is 4.70. The molecule has 3 N–H and O–H groups in total. The van der Waals surface area contributed by atoms with E-state index in [1.165, 1.54) is 6.07 Å². The van der Waals surface area contributed by atoms with Crippen molar-refractivity contribution in [3.05, 3.63) is 29.6 Å². The molecular formula is C13H16FN3O2S. The van der Waals surface area contributed by atoms with E-state index < -0.39 is 5.82 Å². The first-order valence-corrected chi connectivity index (χ1v) is 6.66. The monoisotopic (exact) mass is 297 g/mol. The molecule has 1 aliphatic heterocycles. The van der Waals surface area contributed by atoms with E-state index in [4.69, 9.17) is 18.0 Å². The lowest BCUT2D eigenvalue weighted by atomic mass is 10.1. The van der Waals surface area contributed by atoms with Crippen molar-refractivity contribution in [3.63, 3.8) is 0 Å². The van der Waals surface area contributed by atoms with Crippen LogP contribution in [0.5, 0.6) is 5.75 Å². The molecule has 1 amide bonds. The number of phenolic OH excluding ortho intramolecular Hbond substituents is 1. The van der Waals surface area contributed by atoms with Crippen molar-refractivity contribution in [2.75, 3.05) is 32.7 Å². The van der Waals surface area contributed by atoms with Crippen LogP contribution >= 0.6 is 12.2 Å². The number of aromatic hydroxyl groups is 1. The highest BCUT2D eigenvalue weighted by Crippen LogP contribution is 2.20. The zero-order chi connectivity index (χ0) is 14.7. The topological polar surface area (TPSA) is 69.8 Å². The summed E-state index contributed by atoms with van der Waals surface area (Å²) < 4.78 is 12.9. The first-order chi connectivity index (χ1) is 9.47. The van der Waals surface area contributed by atoms with Gasteiger partial charge in [-0.25, -0.2) is 4.39 Å². The lowest BCUT2D eigenvalue weighted by molar-refractivity contribution is 0.0651. The van der Waals surface area contributed by atoms with Crippen LogP contribution in [0.1, 0.15) is 10.4 Å². The Hall–Kier alpha value is -1.73. The number of hydrogen-bond donors (Lipinski definition) is 2. The molecule has 1 fully saturated rings. The van der Waals surface area contributed by atoms with Crippen LogP contribution in [0, 0.1) is 5.82 Å². The van der Waals surface area contributed by atoms with E-state index in [2.05, 4.69) is 4.90 Å². The summed E-state index contributed by atoms with van der Waals surface area (Å²) in [7, 11) is 0. The fourth-order valence-electron chi connectivity index (χ4n) is 2.19. The molecular weight excluding hydrogens is 281 g/mol. The fraction of sp³-hybridized carbons (Fsp3) is 0.385. The van der Waals surface area contributed by atoms with Crippen LogP contribution in [-0.4, -0.2) is 58.5 Å². The zero-order valence-corrected chi connectivity index (χ0v) is 11.7. The number of rotatable bonds is 3. The number of nitrogens with two attached hydrogens (primary N) is 1. The largest absolute Gasteiger partial charge is 0.507 e. The summed E-state index contributed by atoms with van der Waals surface area (Å²) in [5, 5.41) is 9.63. The van der Waals surface area contributed by atoms with Crippen molar-refractivity contribution in [2.45, 2.75) is 0 Å². The van der Waals surface area contributed by atoms with Gasteiger partial charge in [-0.1, -0.05) is 12.2 Å². The second-order valence-corrected chi connectivity index (χ2v) is 5.22. The number of amides is 1. The van der Waals surface area contributed by atoms with Gasteiger partial charge in [0.2, 0.25) is 0 Å². The molecule has 0 atom stereocenters. The molecule has 0 spiro atoms. The van der Waals surface area contributed by atoms with Gasteiger partial charge in [0.1, 0.15) is 11.6 Å². The van der Waals surface area contributed by atoms with Gasteiger partial charge in [0.05, 0.1) is 10.6 Å². The van der Waals surface area contributed by atoms with Crippen LogP contribution in [0.2, 0.25) is 0 Å². The van der Waals surface area contributed by atoms with Crippen molar-refractivity contribution in [3.8, 4) is 5.75 Å². The minimum Gasteiger partial charge on any atom is -0.507 e. The van der Waals surface area contributed by atoms with E-state index in [0.717, 1.165) is 12.1 Å². The van der Waals surface area contributed by atoms with Crippen LogP contribution in [0.3, 0.4) is 0 Å². The van der Waals surface area contributed by atoms with Gasteiger partial charge in [0, 0.05) is 38.8 Å². The van der Waals surface area contributed by atoms with Gasteiger partial charge in [-0.2, -0.15) is 0 Å². The van der Waals surface area contributed by atoms with Gasteiger partial charge in [0.15, 0.2) is 0 Å². The van der Waals surface area contributed by atoms with Gasteiger partial charge < -0.3 is 15.7 Å². The van der Waals surface area contributed by atoms with E-state index >= 15 is 0 Å². The normalized spacial score (nSPS) is 16.1. The third kappa shape index (κ3) is 3.43. The summed E-state index contributed by atoms with van der Waals surface area (Å²) in [5.41, 5.74) is 5.60. The summed E-state index contributed by atoms with van der Waals surface area (Å²) in [6.45, 7) is 2.94. The third-order valence-electron chi connectivity index (χ3n) is 3.23. The molecule has 1 heterocycles. The molecule has 0 saturated carbocycles. The summed E-state index contributed by atoms with van der Waals surface area (Å²) in [6.07, 6.45) is 0. The Balaban J connectivity index is 1.99. The zero-order valence-electron chi connectivity index (χ0n) is 10.9. The average molecular weight is 297 g/mol. The van der Waals surface area contributed by atoms with Gasteiger partial charge in [-0.3, -0.25) is 9.69 Å². The maximum Gasteiger partial charge on any atom is 0.257 e. The van der Waals surface area contributed by atoms with E-state index in [-0.39, 0.29) is 17.2 Å². The molecule has 0 aliphatic carbocycles. The first-order valence-electron chi connectivity index (χ1n) is 6.26. The van der Waals surface area contributed by atoms with Crippen LogP contribution in [0.25, 0.3) is 0 Å². The Morgan fingerprint density at radius 2 is 2.00 bits per heavy atom. The van der Waals surface area contributed by atoms with Gasteiger partial charge in [-0.05, 0) is 12.1 Å². The van der Waals surface area contributed by atoms with Crippen molar-refractivity contribution in [1.82, 2.24) is 9.80 Å². The number of piperazine rings is 1. The number of halogens is 1. The lowest BCUT2D eigenvalue weighted by Gasteiger charge is -2.34. The Morgan fingerprint density at radius 1 is 1.35 bits per heavy atom. The maximum absolute atomic E-state index is 12.9. The van der Waals surface area contributed by atoms with Gasteiger partial charge in [-0.15, -0.1) is 0 Å². The predicted molar refractivity (Wildman–Crippen MR) is 77.2 cm³/mol. The number of carbonyl (C=O) groups excluding carboxylic acids is 1. The van der Waals surface area contributed by atoms with E-state index in [9.17, 15) is 14.3 Å². The Morgan fingerprint density at radius 3 is 2.55 bits per heavy atom. The SMILES string of the molecule is NC(=S)CN1CCN(C(=O)c2ccc(F)cc2O)CC1. The molecule has 0 aromatic heterocycles. The fourth-order valence-corrected chi connectivity index (χ4v) is 2.37. The number of benzene rings is 1.